The van der Waals surface area contributed by atoms with Crippen molar-refractivity contribution in [3.63, 3.8) is 0 Å². The van der Waals surface area contributed by atoms with E-state index in [2.05, 4.69) is 20.2 Å². The van der Waals surface area contributed by atoms with E-state index in [1.807, 2.05) is 30.3 Å². The summed E-state index contributed by atoms with van der Waals surface area (Å²) in [6.45, 7) is 3.08. The number of benzene rings is 2. The van der Waals surface area contributed by atoms with Gasteiger partial charge in [-0.1, -0.05) is 12.1 Å². The number of amides is 1. The highest BCUT2D eigenvalue weighted by molar-refractivity contribution is 6.05. The van der Waals surface area contributed by atoms with Crippen molar-refractivity contribution in [3.8, 4) is 22.8 Å². The van der Waals surface area contributed by atoms with E-state index in [4.69, 9.17) is 9.47 Å². The molecule has 152 valence electrons. The van der Waals surface area contributed by atoms with Gasteiger partial charge in [0.15, 0.2) is 11.5 Å². The number of ether oxygens (including phenoxy) is 2. The molecule has 1 amide bonds. The van der Waals surface area contributed by atoms with Gasteiger partial charge in [-0.05, 0) is 37.1 Å². The van der Waals surface area contributed by atoms with Crippen molar-refractivity contribution in [1.29, 1.82) is 0 Å². The second kappa shape index (κ2) is 8.02. The predicted molar refractivity (Wildman–Crippen MR) is 114 cm³/mol. The lowest BCUT2D eigenvalue weighted by Crippen LogP contribution is -2.19. The van der Waals surface area contributed by atoms with Crippen LogP contribution < -0.4 is 19.7 Å². The van der Waals surface area contributed by atoms with Gasteiger partial charge in [0.25, 0.3) is 5.91 Å². The molecule has 0 aliphatic carbocycles. The lowest BCUT2D eigenvalue weighted by molar-refractivity contribution is 0.102. The van der Waals surface area contributed by atoms with Gasteiger partial charge in [0.2, 0.25) is 0 Å². The molecule has 2 aliphatic heterocycles. The fourth-order valence-corrected chi connectivity index (χ4v) is 3.77. The Morgan fingerprint density at radius 3 is 2.63 bits per heavy atom. The minimum atomic E-state index is -0.192. The molecular weight excluding hydrogens is 380 g/mol. The first-order valence-corrected chi connectivity index (χ1v) is 10.1. The molecule has 2 aromatic carbocycles. The van der Waals surface area contributed by atoms with E-state index in [1.54, 1.807) is 24.5 Å². The fourth-order valence-electron chi connectivity index (χ4n) is 3.77. The zero-order chi connectivity index (χ0) is 20.3. The van der Waals surface area contributed by atoms with Gasteiger partial charge in [-0.25, -0.2) is 9.97 Å². The molecule has 5 rings (SSSR count). The first kappa shape index (κ1) is 18.4. The zero-order valence-electron chi connectivity index (χ0n) is 16.5. The van der Waals surface area contributed by atoms with Gasteiger partial charge in [0.1, 0.15) is 25.4 Å². The Morgan fingerprint density at radius 2 is 1.77 bits per heavy atom. The Balaban J connectivity index is 1.36. The second-order valence-corrected chi connectivity index (χ2v) is 7.35. The van der Waals surface area contributed by atoms with Crippen LogP contribution in [0.25, 0.3) is 11.3 Å². The van der Waals surface area contributed by atoms with Crippen LogP contribution in [0.3, 0.4) is 0 Å². The number of nitrogens with one attached hydrogen (secondary N) is 1. The molecule has 3 heterocycles. The molecule has 1 fully saturated rings. The number of hydrogen-bond acceptors (Lipinski definition) is 6. The fraction of sp³-hybridized carbons (Fsp3) is 0.261. The summed E-state index contributed by atoms with van der Waals surface area (Å²) in [5.74, 6) is 2.08. The molecule has 3 aromatic rings. The van der Waals surface area contributed by atoms with Crippen LogP contribution in [0.1, 0.15) is 23.2 Å². The van der Waals surface area contributed by atoms with Crippen LogP contribution in [0, 0.1) is 0 Å². The highest BCUT2D eigenvalue weighted by atomic mass is 16.6. The summed E-state index contributed by atoms with van der Waals surface area (Å²) in [7, 11) is 0. The molecule has 0 saturated carbocycles. The molecule has 2 aliphatic rings. The molecule has 0 atom stereocenters. The maximum atomic E-state index is 12.8. The summed E-state index contributed by atoms with van der Waals surface area (Å²) in [6, 6.07) is 14.8. The number of rotatable bonds is 4. The molecule has 1 saturated heterocycles. The van der Waals surface area contributed by atoms with E-state index >= 15 is 0 Å². The number of anilines is 2. The number of carbonyl (C=O) groups excluding carboxylic acids is 1. The van der Waals surface area contributed by atoms with Crippen LogP contribution in [-0.2, 0) is 0 Å². The van der Waals surface area contributed by atoms with E-state index in [0.717, 1.165) is 30.2 Å². The molecule has 7 heteroatoms. The summed E-state index contributed by atoms with van der Waals surface area (Å²) in [5.41, 5.74) is 2.91. The first-order valence-electron chi connectivity index (χ1n) is 10.1. The first-order chi connectivity index (χ1) is 14.8. The summed E-state index contributed by atoms with van der Waals surface area (Å²) >= 11 is 0. The lowest BCUT2D eigenvalue weighted by atomic mass is 10.1. The van der Waals surface area contributed by atoms with Crippen LogP contribution in [0.4, 0.5) is 11.5 Å². The Kier molecular flexibility index (Phi) is 4.93. The van der Waals surface area contributed by atoms with Crippen LogP contribution in [0.15, 0.2) is 54.9 Å². The average Bonchev–Trinajstić information content (AvgIpc) is 3.34. The van der Waals surface area contributed by atoms with Gasteiger partial charge in [-0.2, -0.15) is 0 Å². The maximum absolute atomic E-state index is 12.8. The molecule has 0 unspecified atom stereocenters. The van der Waals surface area contributed by atoms with E-state index in [1.165, 1.54) is 12.8 Å². The van der Waals surface area contributed by atoms with Crippen molar-refractivity contribution in [1.82, 2.24) is 9.97 Å². The van der Waals surface area contributed by atoms with E-state index in [0.29, 0.717) is 36.0 Å². The van der Waals surface area contributed by atoms with Gasteiger partial charge in [-0.3, -0.25) is 4.79 Å². The number of carbonyl (C=O) groups is 1. The number of nitrogens with zero attached hydrogens (tertiary/aromatic N) is 3. The van der Waals surface area contributed by atoms with Crippen molar-refractivity contribution >= 4 is 17.4 Å². The lowest BCUT2D eigenvalue weighted by Gasteiger charge is -2.19. The van der Waals surface area contributed by atoms with Crippen LogP contribution >= 0.6 is 0 Å². The Hall–Kier alpha value is -3.61. The van der Waals surface area contributed by atoms with Crippen LogP contribution in [-0.4, -0.2) is 42.2 Å². The molecular formula is C23H22N4O3. The van der Waals surface area contributed by atoms with Gasteiger partial charge >= 0.3 is 0 Å². The standard InChI is InChI=1S/C23H22N4O3/c28-23(26-18-6-7-20-21(13-18)30-11-10-29-20)17-5-3-4-16(12-17)19-14-22(25-15-24-19)27-8-1-2-9-27/h3-7,12-15H,1-2,8-11H2,(H,26,28). The Bertz CT molecular complexity index is 1080. The minimum absolute atomic E-state index is 0.192. The molecule has 30 heavy (non-hydrogen) atoms. The summed E-state index contributed by atoms with van der Waals surface area (Å²) < 4.78 is 11.1. The Morgan fingerprint density at radius 1 is 0.933 bits per heavy atom. The monoisotopic (exact) mass is 402 g/mol. The van der Waals surface area contributed by atoms with Crippen molar-refractivity contribution in [2.45, 2.75) is 12.8 Å². The maximum Gasteiger partial charge on any atom is 0.255 e. The van der Waals surface area contributed by atoms with E-state index < -0.39 is 0 Å². The number of hydrogen-bond donors (Lipinski definition) is 1. The van der Waals surface area contributed by atoms with Crippen molar-refractivity contribution in [3.05, 3.63) is 60.4 Å². The summed E-state index contributed by atoms with van der Waals surface area (Å²) in [4.78, 5) is 23.9. The molecule has 1 N–H and O–H groups in total. The minimum Gasteiger partial charge on any atom is -0.486 e. The van der Waals surface area contributed by atoms with Crippen LogP contribution in [0.5, 0.6) is 11.5 Å². The third kappa shape index (κ3) is 3.78. The molecule has 0 spiro atoms. The highest BCUT2D eigenvalue weighted by Gasteiger charge is 2.16. The van der Waals surface area contributed by atoms with Crippen LogP contribution in [0.2, 0.25) is 0 Å². The highest BCUT2D eigenvalue weighted by Crippen LogP contribution is 2.33. The van der Waals surface area contributed by atoms with Gasteiger partial charge in [0, 0.05) is 42.0 Å². The quantitative estimate of drug-likeness (QED) is 0.716. The van der Waals surface area contributed by atoms with Crippen molar-refractivity contribution < 1.29 is 14.3 Å². The SMILES string of the molecule is O=C(Nc1ccc2c(c1)OCCO2)c1cccc(-c2cc(N3CCCC3)ncn2)c1. The predicted octanol–water partition coefficient (Wildman–Crippen LogP) is 3.77. The average molecular weight is 402 g/mol. The topological polar surface area (TPSA) is 76.6 Å². The normalized spacial score (nSPS) is 15.1. The number of aromatic nitrogens is 2. The van der Waals surface area contributed by atoms with Gasteiger partial charge in [-0.15, -0.1) is 0 Å². The molecule has 1 aromatic heterocycles. The summed E-state index contributed by atoms with van der Waals surface area (Å²) in [6.07, 6.45) is 3.97. The van der Waals surface area contributed by atoms with E-state index in [9.17, 15) is 4.79 Å². The van der Waals surface area contributed by atoms with Gasteiger partial charge < -0.3 is 19.7 Å². The van der Waals surface area contributed by atoms with Gasteiger partial charge in [0.05, 0.1) is 5.69 Å². The van der Waals surface area contributed by atoms with Crippen molar-refractivity contribution in [2.75, 3.05) is 36.5 Å². The third-order valence-corrected chi connectivity index (χ3v) is 5.30. The summed E-state index contributed by atoms with van der Waals surface area (Å²) in [5, 5.41) is 2.93. The smallest absolute Gasteiger partial charge is 0.255 e. The molecule has 7 nitrogen and oxygen atoms in total. The van der Waals surface area contributed by atoms with E-state index in [-0.39, 0.29) is 5.91 Å². The molecule has 0 bridgehead atoms. The third-order valence-electron chi connectivity index (χ3n) is 5.30. The Labute approximate surface area is 174 Å². The molecule has 0 radical (unpaired) electrons. The largest absolute Gasteiger partial charge is 0.486 e. The number of fused-ring (bicyclic) bond motifs is 1. The second-order valence-electron chi connectivity index (χ2n) is 7.35. The van der Waals surface area contributed by atoms with Crippen molar-refractivity contribution in [2.24, 2.45) is 0 Å². The zero-order valence-corrected chi connectivity index (χ0v) is 16.5.